The summed E-state index contributed by atoms with van der Waals surface area (Å²) >= 11 is 0. The van der Waals surface area contributed by atoms with Gasteiger partial charge in [-0.05, 0) is 37.5 Å². The zero-order chi connectivity index (χ0) is 14.4. The Kier molecular flexibility index (Phi) is 3.25. The fourth-order valence-corrected chi connectivity index (χ4v) is 4.75. The number of aliphatic hydroxyl groups excluding tert-OH is 1. The average molecular weight is 289 g/mol. The summed E-state index contributed by atoms with van der Waals surface area (Å²) in [5.41, 5.74) is 0. The third-order valence-corrected chi connectivity index (χ3v) is 5.93. The quantitative estimate of drug-likeness (QED) is 0.871. The minimum absolute atomic E-state index is 0.0402. The number of fused-ring (bicyclic) bond motifs is 3. The van der Waals surface area contributed by atoms with Gasteiger partial charge in [0.2, 0.25) is 5.91 Å². The lowest BCUT2D eigenvalue weighted by atomic mass is 9.84. The molecule has 1 amide bonds. The molecule has 0 saturated heterocycles. The van der Waals surface area contributed by atoms with Gasteiger partial charge in [0.1, 0.15) is 5.82 Å². The molecule has 0 aromatic carbocycles. The van der Waals surface area contributed by atoms with Gasteiger partial charge in [-0.2, -0.15) is 0 Å². The number of rotatable bonds is 3. The summed E-state index contributed by atoms with van der Waals surface area (Å²) in [7, 11) is 0. The Morgan fingerprint density at radius 3 is 3.10 bits per heavy atom. The molecule has 0 radical (unpaired) electrons. The normalized spacial score (nSPS) is 37.5. The molecule has 5 heteroatoms. The van der Waals surface area contributed by atoms with Gasteiger partial charge in [0, 0.05) is 49.8 Å². The standard InChI is InChI=1S/C16H23N3O2/c20-9-13-10-1-2-11(7-10)15(13)18-16(21)12-3-5-19-6-4-17-14(19)8-12/h4,6,10-13,15,20H,1-3,5,7-9H2,(H,18,21). The van der Waals surface area contributed by atoms with Crippen LogP contribution in [0.4, 0.5) is 0 Å². The van der Waals surface area contributed by atoms with Gasteiger partial charge >= 0.3 is 0 Å². The number of nitrogens with one attached hydrogen (secondary N) is 1. The van der Waals surface area contributed by atoms with Crippen LogP contribution in [0.2, 0.25) is 0 Å². The van der Waals surface area contributed by atoms with Crippen LogP contribution in [0, 0.1) is 23.7 Å². The van der Waals surface area contributed by atoms with Gasteiger partial charge in [-0.3, -0.25) is 4.79 Å². The van der Waals surface area contributed by atoms with Crippen molar-refractivity contribution >= 4 is 5.91 Å². The topological polar surface area (TPSA) is 67.2 Å². The molecule has 2 bridgehead atoms. The van der Waals surface area contributed by atoms with E-state index in [1.165, 1.54) is 19.3 Å². The van der Waals surface area contributed by atoms with E-state index in [2.05, 4.69) is 14.9 Å². The number of nitrogens with zero attached hydrogens (tertiary/aromatic N) is 2. The van der Waals surface area contributed by atoms with E-state index in [1.54, 1.807) is 0 Å². The Bertz CT molecular complexity index is 541. The molecule has 2 heterocycles. The summed E-state index contributed by atoms with van der Waals surface area (Å²) in [6, 6.07) is 0.197. The van der Waals surface area contributed by atoms with E-state index in [4.69, 9.17) is 0 Å². The number of hydrogen-bond acceptors (Lipinski definition) is 3. The lowest BCUT2D eigenvalue weighted by Crippen LogP contribution is -2.48. The van der Waals surface area contributed by atoms with E-state index in [9.17, 15) is 9.90 Å². The largest absolute Gasteiger partial charge is 0.396 e. The van der Waals surface area contributed by atoms with Gasteiger partial charge in [-0.1, -0.05) is 0 Å². The second kappa shape index (κ2) is 5.13. The number of imidazole rings is 1. The second-order valence-electron chi connectivity index (χ2n) is 6.94. The van der Waals surface area contributed by atoms with Crippen LogP contribution in [0.1, 0.15) is 31.5 Å². The van der Waals surface area contributed by atoms with Gasteiger partial charge in [0.05, 0.1) is 0 Å². The molecule has 4 rings (SSSR count). The highest BCUT2D eigenvalue weighted by Gasteiger charge is 2.48. The predicted molar refractivity (Wildman–Crippen MR) is 77.4 cm³/mol. The SMILES string of the molecule is O=C(NC1C2CCC(C2)C1CO)C1CCn2ccnc2C1. The third-order valence-electron chi connectivity index (χ3n) is 5.93. The van der Waals surface area contributed by atoms with Gasteiger partial charge in [0.15, 0.2) is 0 Å². The van der Waals surface area contributed by atoms with Crippen LogP contribution in [0.15, 0.2) is 12.4 Å². The molecular formula is C16H23N3O2. The summed E-state index contributed by atoms with van der Waals surface area (Å²) in [5.74, 6) is 2.71. The molecule has 2 aliphatic carbocycles. The first-order valence-corrected chi connectivity index (χ1v) is 8.17. The predicted octanol–water partition coefficient (Wildman–Crippen LogP) is 0.969. The highest BCUT2D eigenvalue weighted by molar-refractivity contribution is 5.79. The summed E-state index contributed by atoms with van der Waals surface area (Å²) in [6.45, 7) is 1.09. The van der Waals surface area contributed by atoms with Gasteiger partial charge in [0.25, 0.3) is 0 Å². The van der Waals surface area contributed by atoms with Crippen molar-refractivity contribution in [3.8, 4) is 0 Å². The first kappa shape index (κ1) is 13.3. The Morgan fingerprint density at radius 1 is 1.38 bits per heavy atom. The number of amides is 1. The minimum Gasteiger partial charge on any atom is -0.396 e. The highest BCUT2D eigenvalue weighted by Crippen LogP contribution is 2.48. The van der Waals surface area contributed by atoms with Crippen molar-refractivity contribution in [2.45, 2.75) is 44.7 Å². The van der Waals surface area contributed by atoms with Crippen LogP contribution < -0.4 is 5.32 Å². The Hall–Kier alpha value is -1.36. The summed E-state index contributed by atoms with van der Waals surface area (Å²) < 4.78 is 2.14. The summed E-state index contributed by atoms with van der Waals surface area (Å²) in [5, 5.41) is 12.9. The Balaban J connectivity index is 1.42. The number of carbonyl (C=O) groups excluding carboxylic acids is 1. The lowest BCUT2D eigenvalue weighted by molar-refractivity contribution is -0.127. The van der Waals surface area contributed by atoms with Crippen LogP contribution >= 0.6 is 0 Å². The van der Waals surface area contributed by atoms with E-state index in [-0.39, 0.29) is 30.4 Å². The van der Waals surface area contributed by atoms with E-state index < -0.39 is 0 Å². The van der Waals surface area contributed by atoms with Gasteiger partial charge in [-0.25, -0.2) is 4.98 Å². The lowest BCUT2D eigenvalue weighted by Gasteiger charge is -2.32. The molecule has 21 heavy (non-hydrogen) atoms. The maximum Gasteiger partial charge on any atom is 0.223 e. The first-order chi connectivity index (χ1) is 10.3. The Morgan fingerprint density at radius 2 is 2.24 bits per heavy atom. The van der Waals surface area contributed by atoms with Crippen molar-refractivity contribution in [3.63, 3.8) is 0 Å². The van der Waals surface area contributed by atoms with Crippen molar-refractivity contribution in [2.75, 3.05) is 6.61 Å². The average Bonchev–Trinajstić information content (AvgIpc) is 3.21. The molecule has 1 aliphatic heterocycles. The number of aryl methyl sites for hydroxylation is 1. The third kappa shape index (κ3) is 2.18. The molecule has 2 saturated carbocycles. The number of hydrogen-bond donors (Lipinski definition) is 2. The monoisotopic (exact) mass is 289 g/mol. The van der Waals surface area contributed by atoms with E-state index in [1.807, 2.05) is 12.4 Å². The maximum atomic E-state index is 12.6. The van der Waals surface area contributed by atoms with Crippen molar-refractivity contribution in [3.05, 3.63) is 18.2 Å². The van der Waals surface area contributed by atoms with E-state index in [0.717, 1.165) is 25.2 Å². The van der Waals surface area contributed by atoms with Gasteiger partial charge < -0.3 is 15.0 Å². The molecular weight excluding hydrogens is 266 g/mol. The van der Waals surface area contributed by atoms with Crippen molar-refractivity contribution in [1.82, 2.24) is 14.9 Å². The van der Waals surface area contributed by atoms with Crippen LogP contribution in [0.25, 0.3) is 0 Å². The van der Waals surface area contributed by atoms with Crippen LogP contribution in [-0.2, 0) is 17.8 Å². The maximum absolute atomic E-state index is 12.6. The van der Waals surface area contributed by atoms with E-state index in [0.29, 0.717) is 11.8 Å². The molecule has 2 fully saturated rings. The molecule has 3 aliphatic rings. The van der Waals surface area contributed by atoms with Crippen LogP contribution in [0.3, 0.4) is 0 Å². The van der Waals surface area contributed by atoms with Gasteiger partial charge in [-0.15, -0.1) is 0 Å². The first-order valence-electron chi connectivity index (χ1n) is 8.17. The minimum atomic E-state index is 0.0402. The zero-order valence-corrected chi connectivity index (χ0v) is 12.2. The molecule has 5 atom stereocenters. The van der Waals surface area contributed by atoms with Crippen molar-refractivity contribution < 1.29 is 9.90 Å². The van der Waals surface area contributed by atoms with E-state index >= 15 is 0 Å². The van der Waals surface area contributed by atoms with Crippen molar-refractivity contribution in [1.29, 1.82) is 0 Å². The Labute approximate surface area is 124 Å². The second-order valence-corrected chi connectivity index (χ2v) is 6.94. The summed E-state index contributed by atoms with van der Waals surface area (Å²) in [6.07, 6.45) is 9.05. The molecule has 1 aromatic heterocycles. The van der Waals surface area contributed by atoms with Crippen LogP contribution in [0.5, 0.6) is 0 Å². The molecule has 5 nitrogen and oxygen atoms in total. The van der Waals surface area contributed by atoms with Crippen LogP contribution in [-0.4, -0.2) is 33.2 Å². The number of aliphatic hydroxyl groups is 1. The summed E-state index contributed by atoms with van der Waals surface area (Å²) in [4.78, 5) is 16.9. The number of aromatic nitrogens is 2. The zero-order valence-electron chi connectivity index (χ0n) is 12.2. The molecule has 114 valence electrons. The molecule has 0 spiro atoms. The molecule has 5 unspecified atom stereocenters. The number of carbonyl (C=O) groups is 1. The molecule has 1 aromatic rings. The highest BCUT2D eigenvalue weighted by atomic mass is 16.3. The van der Waals surface area contributed by atoms with Crippen molar-refractivity contribution in [2.24, 2.45) is 23.7 Å². The fourth-order valence-electron chi connectivity index (χ4n) is 4.75. The fraction of sp³-hybridized carbons (Fsp3) is 0.750. The molecule has 2 N–H and O–H groups in total. The smallest absolute Gasteiger partial charge is 0.223 e.